The number of hydrogen-bond acceptors (Lipinski definition) is 7. The molecule has 0 aliphatic carbocycles. The lowest BCUT2D eigenvalue weighted by Crippen LogP contribution is -2.20. The topological polar surface area (TPSA) is 135 Å². The highest BCUT2D eigenvalue weighted by molar-refractivity contribution is 5.98. The maximum atomic E-state index is 11.5. The first-order valence-electron chi connectivity index (χ1n) is 4.74. The van der Waals surface area contributed by atoms with Crippen LogP contribution < -0.4 is 11.3 Å². The molecule has 0 fully saturated rings. The molecule has 0 aliphatic heterocycles. The summed E-state index contributed by atoms with van der Waals surface area (Å²) in [5.74, 6) is -0.710. The number of nitrogens with one attached hydrogen (secondary N) is 1. The van der Waals surface area contributed by atoms with E-state index in [2.05, 4.69) is 19.9 Å². The number of anilines is 1. The highest BCUT2D eigenvalue weighted by atomic mass is 16.3. The second-order valence-corrected chi connectivity index (χ2v) is 3.42. The number of nitrogens with two attached hydrogens (primary N) is 1. The molecule has 0 saturated heterocycles. The molecule has 2 aromatic heterocycles. The lowest BCUT2D eigenvalue weighted by molar-refractivity contribution is 0.0774. The summed E-state index contributed by atoms with van der Waals surface area (Å²) < 4.78 is 0. The minimum atomic E-state index is -1.19. The number of aliphatic hydroxyl groups is 1. The van der Waals surface area contributed by atoms with Crippen molar-refractivity contribution < 1.29 is 9.90 Å². The molecule has 0 aromatic carbocycles. The largest absolute Gasteiger partial charge is 0.385 e. The number of hydrogen-bond donors (Lipinski definition) is 3. The molecule has 0 bridgehead atoms. The van der Waals surface area contributed by atoms with Crippen LogP contribution in [0.15, 0.2) is 11.0 Å². The molecule has 0 amide bonds. The minimum Gasteiger partial charge on any atom is -0.385 e. The number of nitrogens with zero attached hydrogens (tertiary/aromatic N) is 3. The maximum absolute atomic E-state index is 11.5. The van der Waals surface area contributed by atoms with Gasteiger partial charge in [-0.15, -0.1) is 0 Å². The van der Waals surface area contributed by atoms with E-state index in [0.717, 1.165) is 6.20 Å². The molecule has 2 aromatic rings. The van der Waals surface area contributed by atoms with Crippen molar-refractivity contribution in [1.29, 1.82) is 0 Å². The normalized spacial score (nSPS) is 12.6. The predicted molar refractivity (Wildman–Crippen MR) is 58.4 cm³/mol. The Morgan fingerprint density at radius 2 is 2.24 bits per heavy atom. The van der Waals surface area contributed by atoms with Crippen LogP contribution in [0.1, 0.15) is 17.4 Å². The van der Waals surface area contributed by atoms with Gasteiger partial charge in [-0.05, 0) is 6.92 Å². The Balaban J connectivity index is 2.66. The molecule has 1 atom stereocenters. The highest BCUT2D eigenvalue weighted by Gasteiger charge is 2.16. The Labute approximate surface area is 94.5 Å². The van der Waals surface area contributed by atoms with Crippen LogP contribution in [0.25, 0.3) is 11.2 Å². The SMILES string of the molecule is CC(O)C(=O)c1cnc2c(=O)[nH]c(N)nc2n1. The number of aromatic nitrogens is 4. The van der Waals surface area contributed by atoms with E-state index in [1.54, 1.807) is 0 Å². The summed E-state index contributed by atoms with van der Waals surface area (Å²) in [7, 11) is 0. The van der Waals surface area contributed by atoms with E-state index in [1.807, 2.05) is 0 Å². The quantitative estimate of drug-likeness (QED) is 0.560. The molecule has 0 radical (unpaired) electrons. The highest BCUT2D eigenvalue weighted by Crippen LogP contribution is 2.05. The fourth-order valence-corrected chi connectivity index (χ4v) is 1.27. The fraction of sp³-hybridized carbons (Fsp3) is 0.222. The third-order valence-electron chi connectivity index (χ3n) is 2.07. The van der Waals surface area contributed by atoms with Crippen molar-refractivity contribution in [3.8, 4) is 0 Å². The lowest BCUT2D eigenvalue weighted by Gasteiger charge is -2.03. The monoisotopic (exact) mass is 235 g/mol. The van der Waals surface area contributed by atoms with Crippen LogP contribution in [-0.4, -0.2) is 36.9 Å². The van der Waals surface area contributed by atoms with Gasteiger partial charge in [-0.25, -0.2) is 9.97 Å². The number of Topliss-reactive ketones (excluding diaryl/α,β-unsaturated/α-hetero) is 1. The van der Waals surface area contributed by atoms with Crippen molar-refractivity contribution in [3.05, 3.63) is 22.2 Å². The molecule has 8 heteroatoms. The Hall–Kier alpha value is -2.35. The Morgan fingerprint density at radius 3 is 2.88 bits per heavy atom. The number of carbonyl (C=O) groups excluding carboxylic acids is 1. The number of carbonyl (C=O) groups is 1. The number of aromatic amines is 1. The van der Waals surface area contributed by atoms with Gasteiger partial charge in [0.1, 0.15) is 11.8 Å². The van der Waals surface area contributed by atoms with Crippen molar-refractivity contribution >= 4 is 22.9 Å². The van der Waals surface area contributed by atoms with E-state index >= 15 is 0 Å². The van der Waals surface area contributed by atoms with Crippen LogP contribution in [0.3, 0.4) is 0 Å². The van der Waals surface area contributed by atoms with E-state index in [-0.39, 0.29) is 22.8 Å². The Morgan fingerprint density at radius 1 is 1.53 bits per heavy atom. The molecule has 8 nitrogen and oxygen atoms in total. The molecule has 0 spiro atoms. The van der Waals surface area contributed by atoms with Crippen molar-refractivity contribution in [2.75, 3.05) is 5.73 Å². The average Bonchev–Trinajstić information content (AvgIpc) is 2.26. The first kappa shape index (κ1) is 11.1. The third kappa shape index (κ3) is 1.97. The van der Waals surface area contributed by atoms with Crippen LogP contribution in [0.5, 0.6) is 0 Å². The fourth-order valence-electron chi connectivity index (χ4n) is 1.27. The molecule has 88 valence electrons. The van der Waals surface area contributed by atoms with Crippen LogP contribution in [0.2, 0.25) is 0 Å². The summed E-state index contributed by atoms with van der Waals surface area (Å²) in [6, 6.07) is 0. The summed E-state index contributed by atoms with van der Waals surface area (Å²) in [5, 5.41) is 9.13. The molecule has 1 unspecified atom stereocenters. The number of aliphatic hydroxyl groups excluding tert-OH is 1. The van der Waals surface area contributed by atoms with Crippen LogP contribution >= 0.6 is 0 Å². The number of H-pyrrole nitrogens is 1. The third-order valence-corrected chi connectivity index (χ3v) is 2.07. The van der Waals surface area contributed by atoms with Crippen LogP contribution in [0.4, 0.5) is 5.95 Å². The van der Waals surface area contributed by atoms with Gasteiger partial charge in [-0.1, -0.05) is 0 Å². The molecular weight excluding hydrogens is 226 g/mol. The first-order valence-corrected chi connectivity index (χ1v) is 4.74. The van der Waals surface area contributed by atoms with Crippen LogP contribution in [-0.2, 0) is 0 Å². The van der Waals surface area contributed by atoms with Gasteiger partial charge in [-0.3, -0.25) is 14.6 Å². The standard InChI is InChI=1S/C9H9N5O3/c1-3(15)6(16)4-2-11-5-7(12-4)13-9(10)14-8(5)17/h2-3,15H,1H3,(H3,10,12,13,14,17). The molecule has 17 heavy (non-hydrogen) atoms. The van der Waals surface area contributed by atoms with E-state index in [9.17, 15) is 9.59 Å². The number of rotatable bonds is 2. The van der Waals surface area contributed by atoms with Gasteiger partial charge in [0.05, 0.1) is 6.20 Å². The van der Waals surface area contributed by atoms with Gasteiger partial charge in [0.2, 0.25) is 11.7 Å². The summed E-state index contributed by atoms with van der Waals surface area (Å²) in [6.45, 7) is 1.31. The van der Waals surface area contributed by atoms with Gasteiger partial charge < -0.3 is 10.8 Å². The summed E-state index contributed by atoms with van der Waals surface area (Å²) >= 11 is 0. The van der Waals surface area contributed by atoms with E-state index in [1.165, 1.54) is 6.92 Å². The van der Waals surface area contributed by atoms with E-state index in [0.29, 0.717) is 0 Å². The van der Waals surface area contributed by atoms with Gasteiger partial charge >= 0.3 is 0 Å². The summed E-state index contributed by atoms with van der Waals surface area (Å²) in [5.41, 5.74) is 4.70. The molecular formula is C9H9N5O3. The first-order chi connectivity index (χ1) is 7.99. The zero-order valence-electron chi connectivity index (χ0n) is 8.84. The zero-order valence-corrected chi connectivity index (χ0v) is 8.84. The number of fused-ring (bicyclic) bond motifs is 1. The van der Waals surface area contributed by atoms with Crippen molar-refractivity contribution in [2.24, 2.45) is 0 Å². The average molecular weight is 235 g/mol. The maximum Gasteiger partial charge on any atom is 0.280 e. The predicted octanol–water partition coefficient (Wildman–Crippen LogP) is -1.14. The molecule has 4 N–H and O–H groups in total. The van der Waals surface area contributed by atoms with Crippen molar-refractivity contribution in [1.82, 2.24) is 19.9 Å². The Kier molecular flexibility index (Phi) is 2.56. The van der Waals surface area contributed by atoms with Gasteiger partial charge in [-0.2, -0.15) is 4.98 Å². The minimum absolute atomic E-state index is 0.0126. The lowest BCUT2D eigenvalue weighted by atomic mass is 10.2. The number of nitrogen functional groups attached to an aromatic ring is 1. The smallest absolute Gasteiger partial charge is 0.280 e. The number of ketones is 1. The molecule has 0 aliphatic rings. The van der Waals surface area contributed by atoms with Gasteiger partial charge in [0.25, 0.3) is 5.56 Å². The van der Waals surface area contributed by atoms with Gasteiger partial charge in [0, 0.05) is 0 Å². The zero-order chi connectivity index (χ0) is 12.6. The van der Waals surface area contributed by atoms with Crippen molar-refractivity contribution in [3.63, 3.8) is 0 Å². The molecule has 2 rings (SSSR count). The molecule has 2 heterocycles. The van der Waals surface area contributed by atoms with Crippen molar-refractivity contribution in [2.45, 2.75) is 13.0 Å². The second-order valence-electron chi connectivity index (χ2n) is 3.42. The van der Waals surface area contributed by atoms with E-state index in [4.69, 9.17) is 10.8 Å². The summed E-state index contributed by atoms with van der Waals surface area (Å²) in [6.07, 6.45) is -0.0779. The van der Waals surface area contributed by atoms with E-state index < -0.39 is 17.4 Å². The van der Waals surface area contributed by atoms with Gasteiger partial charge in [0.15, 0.2) is 11.2 Å². The van der Waals surface area contributed by atoms with Crippen LogP contribution in [0, 0.1) is 0 Å². The summed E-state index contributed by atoms with van der Waals surface area (Å²) in [4.78, 5) is 36.5. The second kappa shape index (κ2) is 3.91. The Bertz CT molecular complexity index is 649. The molecule has 0 saturated carbocycles.